The summed E-state index contributed by atoms with van der Waals surface area (Å²) in [6, 6.07) is 0. The van der Waals surface area contributed by atoms with Gasteiger partial charge in [0.1, 0.15) is 5.54 Å². The van der Waals surface area contributed by atoms with Crippen molar-refractivity contribution in [3.8, 4) is 0 Å². The molecule has 0 saturated carbocycles. The molecule has 0 radical (unpaired) electrons. The molecule has 2 amide bonds. The molecule has 0 aromatic heterocycles. The molecule has 110 valence electrons. The molecular weight excluding hydrogens is 261 g/mol. The first-order valence-corrected chi connectivity index (χ1v) is 6.42. The monoisotopic (exact) mass is 280 g/mol. The van der Waals surface area contributed by atoms with Crippen molar-refractivity contribution in [2.45, 2.75) is 51.2 Å². The van der Waals surface area contributed by atoms with Crippen LogP contribution in [0.3, 0.4) is 0 Å². The molecule has 1 aliphatic rings. The van der Waals surface area contributed by atoms with E-state index in [1.54, 1.807) is 13.8 Å². The quantitative estimate of drug-likeness (QED) is 0.835. The number of carbonyl (C=O) groups is 2. The lowest BCUT2D eigenvalue weighted by Gasteiger charge is -2.45. The third kappa shape index (κ3) is 3.39. The summed E-state index contributed by atoms with van der Waals surface area (Å²) in [5.74, 6) is -0.588. The third-order valence-electron chi connectivity index (χ3n) is 3.65. The number of hydrogen-bond acceptors (Lipinski definition) is 2. The minimum absolute atomic E-state index is 0.0343. The Bertz CT molecular complexity index is 351. The second-order valence-electron chi connectivity index (χ2n) is 4.69. The molecule has 0 bridgehead atoms. The van der Waals surface area contributed by atoms with E-state index in [-0.39, 0.29) is 31.3 Å². The van der Waals surface area contributed by atoms with Crippen molar-refractivity contribution in [2.75, 3.05) is 13.1 Å². The van der Waals surface area contributed by atoms with Crippen LogP contribution in [0.1, 0.15) is 39.5 Å². The fourth-order valence-corrected chi connectivity index (χ4v) is 2.51. The molecule has 0 aromatic rings. The van der Waals surface area contributed by atoms with Crippen LogP contribution in [0.4, 0.5) is 13.2 Å². The van der Waals surface area contributed by atoms with E-state index in [1.807, 2.05) is 0 Å². The molecule has 1 fully saturated rings. The molecule has 7 heteroatoms. The van der Waals surface area contributed by atoms with E-state index in [2.05, 4.69) is 5.32 Å². The molecule has 4 nitrogen and oxygen atoms in total. The Morgan fingerprint density at radius 3 is 2.32 bits per heavy atom. The van der Waals surface area contributed by atoms with Gasteiger partial charge in [-0.25, -0.2) is 0 Å². The highest BCUT2D eigenvalue weighted by Crippen LogP contribution is 2.29. The summed E-state index contributed by atoms with van der Waals surface area (Å²) < 4.78 is 36.5. The fraction of sp³-hybridized carbons (Fsp3) is 0.833. The predicted octanol–water partition coefficient (Wildman–Crippen LogP) is 1.85. The number of rotatable bonds is 5. The van der Waals surface area contributed by atoms with E-state index < -0.39 is 18.1 Å². The highest BCUT2D eigenvalue weighted by Gasteiger charge is 2.46. The van der Waals surface area contributed by atoms with Crippen molar-refractivity contribution in [2.24, 2.45) is 0 Å². The van der Waals surface area contributed by atoms with Gasteiger partial charge in [0.15, 0.2) is 0 Å². The molecule has 1 rings (SSSR count). The van der Waals surface area contributed by atoms with Crippen molar-refractivity contribution in [1.29, 1.82) is 0 Å². The van der Waals surface area contributed by atoms with Gasteiger partial charge in [-0.3, -0.25) is 9.59 Å². The molecular formula is C12H19F3N2O2. The fourth-order valence-electron chi connectivity index (χ4n) is 2.51. The summed E-state index contributed by atoms with van der Waals surface area (Å²) in [6.45, 7) is 3.36. The van der Waals surface area contributed by atoms with Gasteiger partial charge in [0.2, 0.25) is 11.8 Å². The second-order valence-corrected chi connectivity index (χ2v) is 4.69. The lowest BCUT2D eigenvalue weighted by molar-refractivity contribution is -0.157. The van der Waals surface area contributed by atoms with Crippen LogP contribution in [0.25, 0.3) is 0 Å². The van der Waals surface area contributed by atoms with Crippen molar-refractivity contribution < 1.29 is 22.8 Å². The lowest BCUT2D eigenvalue weighted by Crippen LogP contribution is -2.66. The van der Waals surface area contributed by atoms with Crippen LogP contribution in [-0.2, 0) is 9.59 Å². The predicted molar refractivity (Wildman–Crippen MR) is 63.3 cm³/mol. The molecule has 1 aliphatic heterocycles. The zero-order valence-electron chi connectivity index (χ0n) is 11.1. The van der Waals surface area contributed by atoms with Crippen molar-refractivity contribution in [1.82, 2.24) is 10.2 Å². The summed E-state index contributed by atoms with van der Waals surface area (Å²) in [5.41, 5.74) is -0.999. The van der Waals surface area contributed by atoms with E-state index in [1.165, 1.54) is 4.90 Å². The van der Waals surface area contributed by atoms with Gasteiger partial charge in [0.05, 0.1) is 6.54 Å². The minimum atomic E-state index is -4.23. The van der Waals surface area contributed by atoms with Gasteiger partial charge in [0.25, 0.3) is 0 Å². The van der Waals surface area contributed by atoms with Crippen molar-refractivity contribution in [3.05, 3.63) is 0 Å². The molecule has 0 atom stereocenters. The molecule has 0 unspecified atom stereocenters. The Hall–Kier alpha value is -1.27. The highest BCUT2D eigenvalue weighted by molar-refractivity contribution is 5.97. The van der Waals surface area contributed by atoms with E-state index >= 15 is 0 Å². The number of alkyl halides is 3. The van der Waals surface area contributed by atoms with Crippen LogP contribution in [0.2, 0.25) is 0 Å². The van der Waals surface area contributed by atoms with Gasteiger partial charge >= 0.3 is 6.18 Å². The van der Waals surface area contributed by atoms with Crippen molar-refractivity contribution in [3.63, 3.8) is 0 Å². The third-order valence-corrected chi connectivity index (χ3v) is 3.65. The molecule has 19 heavy (non-hydrogen) atoms. The van der Waals surface area contributed by atoms with Gasteiger partial charge in [-0.2, -0.15) is 13.2 Å². The average molecular weight is 280 g/mol. The standard InChI is InChI=1S/C12H19F3N2O2/c1-3-11(4-2)10(19)16-8-9(18)17(11)7-5-6-12(13,14)15/h3-8H2,1-2H3,(H,16,19). The maximum Gasteiger partial charge on any atom is 0.389 e. The number of hydrogen-bond donors (Lipinski definition) is 1. The maximum atomic E-state index is 12.2. The average Bonchev–Trinajstić information content (AvgIpc) is 2.33. The van der Waals surface area contributed by atoms with Gasteiger partial charge in [-0.05, 0) is 19.3 Å². The summed E-state index contributed by atoms with van der Waals surface area (Å²) in [7, 11) is 0. The summed E-state index contributed by atoms with van der Waals surface area (Å²) in [6.07, 6.45) is -4.56. The topological polar surface area (TPSA) is 49.4 Å². The molecule has 0 aromatic carbocycles. The minimum Gasteiger partial charge on any atom is -0.345 e. The van der Waals surface area contributed by atoms with Gasteiger partial charge in [-0.1, -0.05) is 13.8 Å². The van der Waals surface area contributed by atoms with Crippen LogP contribution >= 0.6 is 0 Å². The molecule has 1 N–H and O–H groups in total. The number of halogens is 3. The van der Waals surface area contributed by atoms with E-state index in [0.29, 0.717) is 12.8 Å². The van der Waals surface area contributed by atoms with Gasteiger partial charge in [-0.15, -0.1) is 0 Å². The number of carbonyl (C=O) groups excluding carboxylic acids is 2. The zero-order valence-corrected chi connectivity index (χ0v) is 11.1. The van der Waals surface area contributed by atoms with Crippen molar-refractivity contribution >= 4 is 11.8 Å². The Morgan fingerprint density at radius 1 is 1.26 bits per heavy atom. The zero-order chi connectivity index (χ0) is 14.7. The summed E-state index contributed by atoms with van der Waals surface area (Å²) in [4.78, 5) is 25.1. The first-order chi connectivity index (χ1) is 8.77. The number of nitrogens with one attached hydrogen (secondary N) is 1. The summed E-state index contributed by atoms with van der Waals surface area (Å²) in [5, 5.41) is 2.51. The smallest absolute Gasteiger partial charge is 0.345 e. The number of amides is 2. The Morgan fingerprint density at radius 2 is 1.84 bits per heavy atom. The molecule has 0 spiro atoms. The van der Waals surface area contributed by atoms with Crippen LogP contribution < -0.4 is 5.32 Å². The Labute approximate surface area is 110 Å². The second kappa shape index (κ2) is 5.79. The number of nitrogens with zero attached hydrogens (tertiary/aromatic N) is 1. The van der Waals surface area contributed by atoms with Gasteiger partial charge < -0.3 is 10.2 Å². The SMILES string of the molecule is CCC1(CC)C(=O)NCC(=O)N1CCCC(F)(F)F. The van der Waals surface area contributed by atoms with E-state index in [4.69, 9.17) is 0 Å². The van der Waals surface area contributed by atoms with Crippen LogP contribution in [0.15, 0.2) is 0 Å². The van der Waals surface area contributed by atoms with E-state index in [0.717, 1.165) is 0 Å². The van der Waals surface area contributed by atoms with Gasteiger partial charge in [0, 0.05) is 13.0 Å². The lowest BCUT2D eigenvalue weighted by atomic mass is 9.87. The summed E-state index contributed by atoms with van der Waals surface area (Å²) >= 11 is 0. The van der Waals surface area contributed by atoms with Crippen LogP contribution in [0, 0.1) is 0 Å². The maximum absolute atomic E-state index is 12.2. The first-order valence-electron chi connectivity index (χ1n) is 6.42. The molecule has 1 heterocycles. The largest absolute Gasteiger partial charge is 0.389 e. The Balaban J connectivity index is 2.80. The normalized spacial score (nSPS) is 19.5. The van der Waals surface area contributed by atoms with E-state index in [9.17, 15) is 22.8 Å². The van der Waals surface area contributed by atoms with Crippen LogP contribution in [-0.4, -0.2) is 41.5 Å². The number of piperazine rings is 1. The molecule has 1 saturated heterocycles. The Kier molecular flexibility index (Phi) is 4.81. The molecule has 0 aliphatic carbocycles. The highest BCUT2D eigenvalue weighted by atomic mass is 19.4. The first kappa shape index (κ1) is 15.8. The van der Waals surface area contributed by atoms with Crippen LogP contribution in [0.5, 0.6) is 0 Å².